The Bertz CT molecular complexity index is 2920. The number of amides is 10. The first-order valence-electron chi connectivity index (χ1n) is 30.5. The number of H-pyrrole nitrogens is 1. The molecule has 5 heterocycles. The lowest BCUT2D eigenvalue weighted by molar-refractivity contribution is -0.137. The summed E-state index contributed by atoms with van der Waals surface area (Å²) in [6.07, 6.45) is 5.52. The van der Waals surface area contributed by atoms with Crippen molar-refractivity contribution in [1.29, 1.82) is 0 Å². The minimum Gasteiger partial charge on any atom is -0.394 e. The molecule has 0 unspecified atom stereocenters. The number of hydrogen-bond donors (Lipinski definition) is 12. The fourth-order valence-corrected chi connectivity index (χ4v) is 12.4. The van der Waals surface area contributed by atoms with Crippen LogP contribution in [0.3, 0.4) is 0 Å². The number of ether oxygens (including phenoxy) is 3. The van der Waals surface area contributed by atoms with Gasteiger partial charge >= 0.3 is 6.03 Å². The van der Waals surface area contributed by atoms with Crippen LogP contribution in [0.15, 0.2) is 36.7 Å². The van der Waals surface area contributed by atoms with Gasteiger partial charge in [0.1, 0.15) is 24.7 Å². The Hall–Kier alpha value is -7.54. The molecule has 3 aliphatic heterocycles. The third kappa shape index (κ3) is 22.5. The quantitative estimate of drug-likeness (QED) is 0.0352. The summed E-state index contributed by atoms with van der Waals surface area (Å²) in [6.45, 7) is 6.50. The van der Waals surface area contributed by atoms with Gasteiger partial charge in [0, 0.05) is 84.9 Å². The Morgan fingerprint density at radius 1 is 0.764 bits per heavy atom. The lowest BCUT2D eigenvalue weighted by Gasteiger charge is -2.28. The van der Waals surface area contributed by atoms with E-state index in [0.717, 1.165) is 35.9 Å². The van der Waals surface area contributed by atoms with Crippen molar-refractivity contribution in [3.05, 3.63) is 47.9 Å². The standard InChI is InChI=1S/C59H88N14O15S/c1-33(2)51-46(76)24-35(54(61)80)11-9-10-17-73-29-38(71-72-73)26-41(64-50(79)31-88-22-21-87-20-19-86-18-16-62-49(78)15-8-7-14-47-53-44(32-89-47)67-59(85)70-53)45(75)25-36(23-37-28-63-40-13-6-5-12-39(37)40)55(81)69-52(34(3)4)58(84)66-43(30-74)57(83)65-42(27-48(60)77)56(82)68-51/h5-6,12-13,28-29,33-36,41-44,47,51-53,63,74H,7-11,14-27,30-32H2,1-4H3,(H2,60,77)(H2,61,80)(H,62,78)(H,64,79)(H,65,83)(H,66,84)(H,68,82)(H,69,81)(H2,67,70,85)/t35-,36+,41+,42-,43-,44-,47-,51-,52-,53-/m1/s1. The van der Waals surface area contributed by atoms with E-state index in [0.29, 0.717) is 42.3 Å². The molecule has 10 atom stereocenters. The fourth-order valence-electron chi connectivity index (χ4n) is 10.9. The zero-order chi connectivity index (χ0) is 64.6. The minimum absolute atomic E-state index is 0.00541. The normalized spacial score (nSPS) is 24.6. The van der Waals surface area contributed by atoms with Gasteiger partial charge in [-0.25, -0.2) is 4.79 Å². The second-order valence-corrected chi connectivity index (χ2v) is 24.7. The van der Waals surface area contributed by atoms with Gasteiger partial charge in [-0.05, 0) is 55.6 Å². The summed E-state index contributed by atoms with van der Waals surface area (Å²) in [6, 6.07) is 0.223. The second kappa shape index (κ2) is 35.6. The lowest BCUT2D eigenvalue weighted by Crippen LogP contribution is -2.60. The molecule has 2 saturated heterocycles. The van der Waals surface area contributed by atoms with Crippen molar-refractivity contribution in [2.45, 2.75) is 159 Å². The van der Waals surface area contributed by atoms with E-state index in [-0.39, 0.29) is 89.3 Å². The van der Waals surface area contributed by atoms with Crippen LogP contribution in [-0.2, 0) is 81.5 Å². The van der Waals surface area contributed by atoms with Crippen LogP contribution in [0.5, 0.6) is 0 Å². The highest BCUT2D eigenvalue weighted by Gasteiger charge is 2.43. The minimum atomic E-state index is -1.74. The van der Waals surface area contributed by atoms with Gasteiger partial charge < -0.3 is 78.3 Å². The number of para-hydroxylation sites is 1. The average molecular weight is 1270 g/mol. The molecule has 2 fully saturated rings. The first kappa shape index (κ1) is 70.5. The number of thioether (sulfide) groups is 1. The molecule has 2 bridgehead atoms. The summed E-state index contributed by atoms with van der Waals surface area (Å²) < 4.78 is 18.3. The first-order chi connectivity index (χ1) is 42.6. The summed E-state index contributed by atoms with van der Waals surface area (Å²) in [5.74, 6) is -9.80. The van der Waals surface area contributed by atoms with Gasteiger partial charge in [0.15, 0.2) is 11.6 Å². The molecule has 29 nitrogen and oxygen atoms in total. The van der Waals surface area contributed by atoms with E-state index in [1.807, 2.05) is 36.0 Å². The SMILES string of the molecule is CC(C)[C@H]1NC(=O)[C@@H](CC(N)=O)NC(=O)[C@@H](CO)NC(=O)[C@@H](C(C)C)NC(=O)[C@@H](Cc2c[nH]c3ccccc23)CC(=O)[C@@H](NC(=O)COCCOCCOCCNC(=O)CCCC[C@H]2SC[C@H]3NC(=O)N[C@H]32)Cc2cn(nn2)CCCC[C@@H](C(N)=O)CC1=O. The molecule has 10 amide bonds. The van der Waals surface area contributed by atoms with Crippen molar-refractivity contribution in [3.8, 4) is 0 Å². The third-order valence-corrected chi connectivity index (χ3v) is 17.3. The average Bonchev–Trinajstić information content (AvgIpc) is 1.91. The van der Waals surface area contributed by atoms with Gasteiger partial charge in [-0.3, -0.25) is 52.6 Å². The van der Waals surface area contributed by atoms with Crippen LogP contribution in [0.25, 0.3) is 10.9 Å². The summed E-state index contributed by atoms with van der Waals surface area (Å²) >= 11 is 1.85. The molecule has 89 heavy (non-hydrogen) atoms. The van der Waals surface area contributed by atoms with Crippen LogP contribution in [0.4, 0.5) is 4.79 Å². The molecule has 30 heteroatoms. The van der Waals surface area contributed by atoms with Crippen LogP contribution in [0.1, 0.15) is 103 Å². The number of aliphatic hydroxyl groups is 1. The van der Waals surface area contributed by atoms with E-state index in [2.05, 4.69) is 57.8 Å². The number of aryl methyl sites for hydroxylation is 1. The molecule has 490 valence electrons. The number of aliphatic hydroxyl groups excluding tert-OH is 1. The van der Waals surface area contributed by atoms with Crippen molar-refractivity contribution in [2.24, 2.45) is 35.1 Å². The Balaban J connectivity index is 1.10. The maximum atomic E-state index is 14.8. The highest BCUT2D eigenvalue weighted by Crippen LogP contribution is 2.33. The number of nitrogens with one attached hydrogen (secondary N) is 9. The molecule has 0 saturated carbocycles. The second-order valence-electron chi connectivity index (χ2n) is 23.4. The van der Waals surface area contributed by atoms with E-state index in [9.17, 15) is 57.8 Å². The Kier molecular flexibility index (Phi) is 28.2. The number of aromatic amines is 1. The topological polar surface area (TPSA) is 430 Å². The van der Waals surface area contributed by atoms with Crippen LogP contribution < -0.4 is 54.0 Å². The van der Waals surface area contributed by atoms with Gasteiger partial charge in [-0.2, -0.15) is 11.8 Å². The van der Waals surface area contributed by atoms with E-state index >= 15 is 0 Å². The molecule has 0 spiro atoms. The van der Waals surface area contributed by atoms with Crippen LogP contribution in [-0.4, -0.2) is 196 Å². The van der Waals surface area contributed by atoms with Gasteiger partial charge in [0.05, 0.1) is 75.9 Å². The molecule has 14 N–H and O–H groups in total. The largest absolute Gasteiger partial charge is 0.394 e. The number of carbonyl (C=O) groups is 11. The molecular formula is C59H88N14O15S. The predicted molar refractivity (Wildman–Crippen MR) is 325 cm³/mol. The van der Waals surface area contributed by atoms with Gasteiger partial charge in [0.2, 0.25) is 47.3 Å². The van der Waals surface area contributed by atoms with Gasteiger partial charge in [-0.15, -0.1) is 5.10 Å². The Morgan fingerprint density at radius 3 is 2.18 bits per heavy atom. The third-order valence-electron chi connectivity index (χ3n) is 15.8. The lowest BCUT2D eigenvalue weighted by atomic mass is 9.89. The van der Waals surface area contributed by atoms with E-state index in [1.54, 1.807) is 40.1 Å². The maximum Gasteiger partial charge on any atom is 0.315 e. The van der Waals surface area contributed by atoms with E-state index in [4.69, 9.17) is 25.7 Å². The number of urea groups is 1. The number of nitrogens with zero attached hydrogens (tertiary/aromatic N) is 3. The number of ketones is 2. The molecule has 6 rings (SSSR count). The highest BCUT2D eigenvalue weighted by molar-refractivity contribution is 8.00. The molecule has 1 aromatic carbocycles. The summed E-state index contributed by atoms with van der Waals surface area (Å²) in [5.41, 5.74) is 13.0. The number of aromatic nitrogens is 4. The zero-order valence-corrected chi connectivity index (χ0v) is 51.8. The predicted octanol–water partition coefficient (Wildman–Crippen LogP) is -1.14. The van der Waals surface area contributed by atoms with Crippen molar-refractivity contribution in [1.82, 2.24) is 62.5 Å². The van der Waals surface area contributed by atoms with E-state index < -0.39 is 133 Å². The zero-order valence-electron chi connectivity index (χ0n) is 51.0. The smallest absolute Gasteiger partial charge is 0.315 e. The summed E-state index contributed by atoms with van der Waals surface area (Å²) in [4.78, 5) is 151. The number of Topliss-reactive ketones (excluding diaryl/α,β-unsaturated/α-hetero) is 2. The van der Waals surface area contributed by atoms with Crippen LogP contribution >= 0.6 is 11.8 Å². The summed E-state index contributed by atoms with van der Waals surface area (Å²) in [7, 11) is 0. The highest BCUT2D eigenvalue weighted by atomic mass is 32.2. The number of benzene rings is 1. The number of hydrogen-bond acceptors (Lipinski definition) is 18. The van der Waals surface area contributed by atoms with Crippen molar-refractivity contribution < 1.29 is 72.1 Å². The van der Waals surface area contributed by atoms with Crippen molar-refractivity contribution in [2.75, 3.05) is 58.5 Å². The van der Waals surface area contributed by atoms with Crippen molar-refractivity contribution >= 4 is 87.5 Å². The van der Waals surface area contributed by atoms with Gasteiger partial charge in [-0.1, -0.05) is 63.9 Å². The van der Waals surface area contributed by atoms with Crippen molar-refractivity contribution in [3.63, 3.8) is 0 Å². The number of fused-ring (bicyclic) bond motifs is 4. The molecule has 0 aliphatic carbocycles. The van der Waals surface area contributed by atoms with Gasteiger partial charge in [0.25, 0.3) is 0 Å². The van der Waals surface area contributed by atoms with E-state index in [1.165, 1.54) is 4.68 Å². The first-order valence-corrected chi connectivity index (χ1v) is 31.5. The maximum absolute atomic E-state index is 14.8. The molecule has 3 aliphatic rings. The number of unbranched alkanes of at least 4 members (excludes halogenated alkanes) is 1. The Morgan fingerprint density at radius 2 is 1.46 bits per heavy atom. The van der Waals surface area contributed by atoms with Crippen LogP contribution in [0.2, 0.25) is 0 Å². The number of primary amides is 2. The fraction of sp³-hybridized carbons (Fsp3) is 0.644. The molecule has 3 aromatic rings. The summed E-state index contributed by atoms with van der Waals surface area (Å²) in [5, 5.41) is 41.6. The van der Waals surface area contributed by atoms with Crippen LogP contribution in [0, 0.1) is 23.7 Å². The molecule has 2 aromatic heterocycles. The molecular weight excluding hydrogens is 1180 g/mol. The number of rotatable bonds is 25. The monoisotopic (exact) mass is 1260 g/mol. The number of carbonyl (C=O) groups excluding carboxylic acids is 11. The number of nitrogens with two attached hydrogens (primary N) is 2. The molecule has 0 radical (unpaired) electrons. The Labute approximate surface area is 520 Å².